The minimum Gasteiger partial charge on any atom is -0.417 e. The fourth-order valence-electron chi connectivity index (χ4n) is 5.39. The van der Waals surface area contributed by atoms with E-state index in [1.54, 1.807) is 6.08 Å². The Labute approximate surface area is 310 Å². The zero-order valence-corrected chi connectivity index (χ0v) is 33.4. The number of hydrogen-bond acceptors (Lipinski definition) is 5. The van der Waals surface area contributed by atoms with E-state index >= 15 is 0 Å². The van der Waals surface area contributed by atoms with Gasteiger partial charge in [-0.05, 0) is 72.5 Å². The van der Waals surface area contributed by atoms with Gasteiger partial charge in [-0.1, -0.05) is 144 Å². The van der Waals surface area contributed by atoms with Crippen LogP contribution in [-0.2, 0) is 43.3 Å². The van der Waals surface area contributed by atoms with Crippen molar-refractivity contribution >= 4 is 14.1 Å². The standard InChI is InChI=1S/C45H64O5Si/c1-37(33-47-34-39-19-11-8-12-20-39)28-31-43(48-35-40-21-13-9-14-22-40)26-17-25-42(46)30-29-38(2)44(49-36-41-23-15-10-16-24-41)27-18-32-50-51(6,7)45(3,4)5/h8-17,19-24,26,29-30,37-38,43-44H,18,25,27-28,31-36H2,1-7H3/b26-17+,30-29+/t37-,38-,43-,44+/m0/s1. The predicted octanol–water partition coefficient (Wildman–Crippen LogP) is 11.3. The molecular weight excluding hydrogens is 649 g/mol. The van der Waals surface area contributed by atoms with Crippen LogP contribution in [0, 0.1) is 11.8 Å². The number of carbonyl (C=O) groups is 1. The number of rotatable bonds is 24. The lowest BCUT2D eigenvalue weighted by Gasteiger charge is -2.36. The summed E-state index contributed by atoms with van der Waals surface area (Å²) in [4.78, 5) is 13.0. The topological polar surface area (TPSA) is 54.0 Å². The van der Waals surface area contributed by atoms with E-state index < -0.39 is 8.32 Å². The van der Waals surface area contributed by atoms with Crippen LogP contribution in [0.25, 0.3) is 0 Å². The van der Waals surface area contributed by atoms with Crippen molar-refractivity contribution in [1.29, 1.82) is 0 Å². The Morgan fingerprint density at radius 1 is 0.725 bits per heavy atom. The maximum Gasteiger partial charge on any atom is 0.191 e. The van der Waals surface area contributed by atoms with Crippen molar-refractivity contribution in [2.24, 2.45) is 11.8 Å². The lowest BCUT2D eigenvalue weighted by molar-refractivity contribution is -0.113. The van der Waals surface area contributed by atoms with Gasteiger partial charge in [0.15, 0.2) is 14.1 Å². The number of hydrogen-bond donors (Lipinski definition) is 0. The van der Waals surface area contributed by atoms with Crippen LogP contribution < -0.4 is 0 Å². The van der Waals surface area contributed by atoms with Crippen LogP contribution in [-0.4, -0.2) is 39.5 Å². The van der Waals surface area contributed by atoms with Gasteiger partial charge in [0.05, 0.1) is 32.0 Å². The number of ketones is 1. The molecule has 5 nitrogen and oxygen atoms in total. The highest BCUT2D eigenvalue weighted by Crippen LogP contribution is 2.36. The second-order valence-corrected chi connectivity index (χ2v) is 20.2. The molecule has 0 spiro atoms. The van der Waals surface area contributed by atoms with Crippen LogP contribution in [0.15, 0.2) is 115 Å². The monoisotopic (exact) mass is 712 g/mol. The Bertz CT molecular complexity index is 1420. The van der Waals surface area contributed by atoms with E-state index in [9.17, 15) is 4.79 Å². The predicted molar refractivity (Wildman–Crippen MR) is 214 cm³/mol. The molecule has 4 atom stereocenters. The third-order valence-corrected chi connectivity index (χ3v) is 14.4. The average Bonchev–Trinajstić information content (AvgIpc) is 3.12. The number of benzene rings is 3. The third kappa shape index (κ3) is 17.3. The molecule has 0 aliphatic carbocycles. The lowest BCUT2D eigenvalue weighted by atomic mass is 9.98. The highest BCUT2D eigenvalue weighted by Gasteiger charge is 2.36. The van der Waals surface area contributed by atoms with Crippen molar-refractivity contribution in [3.63, 3.8) is 0 Å². The van der Waals surface area contributed by atoms with Gasteiger partial charge in [0.1, 0.15) is 0 Å². The molecule has 3 rings (SSSR count). The van der Waals surface area contributed by atoms with E-state index in [0.717, 1.165) is 43.4 Å². The molecule has 0 aromatic heterocycles. The molecule has 3 aromatic rings. The first-order chi connectivity index (χ1) is 24.4. The van der Waals surface area contributed by atoms with Crippen LogP contribution in [0.5, 0.6) is 0 Å². The molecule has 0 saturated carbocycles. The molecule has 0 N–H and O–H groups in total. The Kier molecular flexibility index (Phi) is 18.8. The zero-order chi connectivity index (χ0) is 37.0. The quantitative estimate of drug-likeness (QED) is 0.0400. The van der Waals surface area contributed by atoms with Crippen LogP contribution >= 0.6 is 0 Å². The first kappa shape index (κ1) is 42.3. The summed E-state index contributed by atoms with van der Waals surface area (Å²) in [5.74, 6) is 0.555. The van der Waals surface area contributed by atoms with Crippen LogP contribution in [0.4, 0.5) is 0 Å². The summed E-state index contributed by atoms with van der Waals surface area (Å²) in [6.07, 6.45) is 11.6. The van der Waals surface area contributed by atoms with Crippen molar-refractivity contribution in [3.05, 3.63) is 132 Å². The molecule has 0 radical (unpaired) electrons. The number of allylic oxidation sites excluding steroid dienone is 2. The summed E-state index contributed by atoms with van der Waals surface area (Å²) in [6, 6.07) is 30.8. The highest BCUT2D eigenvalue weighted by molar-refractivity contribution is 6.74. The molecule has 0 amide bonds. The van der Waals surface area contributed by atoms with Gasteiger partial charge in [-0.25, -0.2) is 0 Å². The minimum absolute atomic E-state index is 0.0118. The van der Waals surface area contributed by atoms with E-state index in [4.69, 9.17) is 18.6 Å². The molecule has 278 valence electrons. The van der Waals surface area contributed by atoms with Crippen molar-refractivity contribution < 1.29 is 23.4 Å². The normalized spacial score (nSPS) is 14.9. The fourth-order valence-corrected chi connectivity index (χ4v) is 6.48. The Hall–Kier alpha value is -3.13. The van der Waals surface area contributed by atoms with Gasteiger partial charge in [-0.2, -0.15) is 0 Å². The third-order valence-electron chi connectivity index (χ3n) is 9.82. The van der Waals surface area contributed by atoms with E-state index in [1.807, 2.05) is 66.7 Å². The molecule has 0 heterocycles. The largest absolute Gasteiger partial charge is 0.417 e. The van der Waals surface area contributed by atoms with E-state index in [0.29, 0.717) is 38.8 Å². The van der Waals surface area contributed by atoms with Crippen LogP contribution in [0.2, 0.25) is 18.1 Å². The fraction of sp³-hybridized carbons (Fsp3) is 0.489. The maximum atomic E-state index is 13.0. The van der Waals surface area contributed by atoms with Crippen LogP contribution in [0.3, 0.4) is 0 Å². The molecule has 6 heteroatoms. The van der Waals surface area contributed by atoms with Gasteiger partial charge in [-0.15, -0.1) is 0 Å². The molecule has 0 unspecified atom stereocenters. The molecule has 0 aliphatic rings. The van der Waals surface area contributed by atoms with Crippen molar-refractivity contribution in [2.45, 2.75) is 117 Å². The minimum atomic E-state index is -1.80. The maximum absolute atomic E-state index is 13.0. The SMILES string of the molecule is C[C@@H](CC[C@H](/C=C/CC(=O)/C=C/[C@H](C)[C@@H](CCCO[Si](C)(C)C(C)(C)C)OCc1ccccc1)OCc1ccccc1)COCc1ccccc1. The van der Waals surface area contributed by atoms with E-state index in [1.165, 1.54) is 5.56 Å². The van der Waals surface area contributed by atoms with Gasteiger partial charge in [-0.3, -0.25) is 4.79 Å². The second kappa shape index (κ2) is 22.7. The summed E-state index contributed by atoms with van der Waals surface area (Å²) in [7, 11) is -1.80. The molecule has 0 fully saturated rings. The van der Waals surface area contributed by atoms with Gasteiger partial charge in [0.2, 0.25) is 0 Å². The van der Waals surface area contributed by atoms with Crippen molar-refractivity contribution in [3.8, 4) is 0 Å². The molecule has 0 saturated heterocycles. The highest BCUT2D eigenvalue weighted by atomic mass is 28.4. The van der Waals surface area contributed by atoms with Gasteiger partial charge in [0, 0.05) is 25.6 Å². The van der Waals surface area contributed by atoms with Crippen LogP contribution in [0.1, 0.15) is 83.4 Å². The summed E-state index contributed by atoms with van der Waals surface area (Å²) in [5.41, 5.74) is 3.47. The second-order valence-electron chi connectivity index (χ2n) is 15.4. The van der Waals surface area contributed by atoms with E-state index in [-0.39, 0.29) is 28.9 Å². The van der Waals surface area contributed by atoms with Crippen molar-refractivity contribution in [1.82, 2.24) is 0 Å². The first-order valence-corrected chi connectivity index (χ1v) is 21.8. The lowest BCUT2D eigenvalue weighted by Crippen LogP contribution is -2.41. The van der Waals surface area contributed by atoms with Gasteiger partial charge >= 0.3 is 0 Å². The smallest absolute Gasteiger partial charge is 0.191 e. The van der Waals surface area contributed by atoms with Gasteiger partial charge < -0.3 is 18.6 Å². The summed E-state index contributed by atoms with van der Waals surface area (Å²) in [5, 5.41) is 0.186. The Balaban J connectivity index is 1.53. The molecular formula is C45H64O5Si. The average molecular weight is 713 g/mol. The van der Waals surface area contributed by atoms with Gasteiger partial charge in [0.25, 0.3) is 0 Å². The Morgan fingerprint density at radius 3 is 1.84 bits per heavy atom. The first-order valence-electron chi connectivity index (χ1n) is 18.9. The molecule has 3 aromatic carbocycles. The number of ether oxygens (including phenoxy) is 3. The summed E-state index contributed by atoms with van der Waals surface area (Å²) >= 11 is 0. The zero-order valence-electron chi connectivity index (χ0n) is 32.4. The Morgan fingerprint density at radius 2 is 1.27 bits per heavy atom. The summed E-state index contributed by atoms with van der Waals surface area (Å²) in [6.45, 7) is 18.9. The molecule has 0 aliphatic heterocycles. The molecule has 0 bridgehead atoms. The molecule has 51 heavy (non-hydrogen) atoms. The number of carbonyl (C=O) groups excluding carboxylic acids is 1. The van der Waals surface area contributed by atoms with Crippen molar-refractivity contribution in [2.75, 3.05) is 13.2 Å². The summed E-state index contributed by atoms with van der Waals surface area (Å²) < 4.78 is 25.2. The van der Waals surface area contributed by atoms with E-state index in [2.05, 4.69) is 90.2 Å².